The summed E-state index contributed by atoms with van der Waals surface area (Å²) in [6.07, 6.45) is -4.51. The largest absolute Gasteiger partial charge is 0.506 e. The molecule has 0 aromatic heterocycles. The number of nitrogens with one attached hydrogen (secondary N) is 1. The Bertz CT molecular complexity index is 714. The van der Waals surface area contributed by atoms with Crippen LogP contribution in [0.3, 0.4) is 0 Å². The molecule has 0 unspecified atom stereocenters. The minimum Gasteiger partial charge on any atom is -0.506 e. The topological polar surface area (TPSA) is 49.3 Å². The van der Waals surface area contributed by atoms with Crippen molar-refractivity contribution in [2.45, 2.75) is 6.18 Å². The molecule has 22 heavy (non-hydrogen) atoms. The SMILES string of the molecule is O=C(Nc1cc(Cl)c(O)cc1F)c1ccc(C(F)(F)F)cc1. The van der Waals surface area contributed by atoms with E-state index in [9.17, 15) is 27.5 Å². The first-order valence-corrected chi connectivity index (χ1v) is 6.23. The van der Waals surface area contributed by atoms with Gasteiger partial charge in [-0.15, -0.1) is 0 Å². The van der Waals surface area contributed by atoms with E-state index in [2.05, 4.69) is 5.32 Å². The molecule has 0 aliphatic rings. The number of amides is 1. The van der Waals surface area contributed by atoms with Crippen LogP contribution in [0.5, 0.6) is 5.75 Å². The standard InChI is InChI=1S/C14H8ClF4NO2/c15-9-5-11(10(16)6-12(9)21)20-13(22)7-1-3-8(4-2-7)14(17,18)19/h1-6,21H,(H,20,22). The van der Waals surface area contributed by atoms with Crippen LogP contribution in [0.15, 0.2) is 36.4 Å². The van der Waals surface area contributed by atoms with E-state index in [0.29, 0.717) is 6.07 Å². The summed E-state index contributed by atoms with van der Waals surface area (Å²) >= 11 is 5.59. The predicted octanol–water partition coefficient (Wildman–Crippen LogP) is 4.46. The zero-order valence-corrected chi connectivity index (χ0v) is 11.5. The predicted molar refractivity (Wildman–Crippen MR) is 72.5 cm³/mol. The molecule has 0 aliphatic carbocycles. The Morgan fingerprint density at radius 1 is 1.14 bits per heavy atom. The smallest absolute Gasteiger partial charge is 0.416 e. The number of phenols is 1. The third-order valence-electron chi connectivity index (χ3n) is 2.76. The van der Waals surface area contributed by atoms with Crippen molar-refractivity contribution in [1.29, 1.82) is 0 Å². The van der Waals surface area contributed by atoms with Crippen molar-refractivity contribution < 1.29 is 27.5 Å². The highest BCUT2D eigenvalue weighted by molar-refractivity contribution is 6.32. The van der Waals surface area contributed by atoms with E-state index in [4.69, 9.17) is 11.6 Å². The van der Waals surface area contributed by atoms with Crippen molar-refractivity contribution >= 4 is 23.2 Å². The number of halogens is 5. The second kappa shape index (κ2) is 5.84. The molecule has 2 aromatic carbocycles. The van der Waals surface area contributed by atoms with E-state index in [1.165, 1.54) is 0 Å². The molecule has 0 atom stereocenters. The Hall–Kier alpha value is -2.28. The summed E-state index contributed by atoms with van der Waals surface area (Å²) in [6, 6.07) is 5.14. The molecular formula is C14H8ClF4NO2. The molecule has 0 saturated heterocycles. The number of anilines is 1. The van der Waals surface area contributed by atoms with Crippen LogP contribution in [0.4, 0.5) is 23.2 Å². The van der Waals surface area contributed by atoms with Crippen LogP contribution in [0, 0.1) is 5.82 Å². The van der Waals surface area contributed by atoms with E-state index in [0.717, 1.165) is 30.3 Å². The van der Waals surface area contributed by atoms with E-state index >= 15 is 0 Å². The number of hydrogen-bond acceptors (Lipinski definition) is 2. The summed E-state index contributed by atoms with van der Waals surface area (Å²) in [5.74, 6) is -2.23. The maximum Gasteiger partial charge on any atom is 0.416 e. The van der Waals surface area contributed by atoms with Gasteiger partial charge in [-0.3, -0.25) is 4.79 Å². The van der Waals surface area contributed by atoms with Crippen LogP contribution in [0.1, 0.15) is 15.9 Å². The molecular weight excluding hydrogens is 326 g/mol. The highest BCUT2D eigenvalue weighted by Crippen LogP contribution is 2.30. The van der Waals surface area contributed by atoms with Crippen molar-refractivity contribution in [3.05, 3.63) is 58.4 Å². The molecule has 1 amide bonds. The molecule has 0 radical (unpaired) electrons. The molecule has 2 N–H and O–H groups in total. The Kier molecular flexibility index (Phi) is 4.27. The number of alkyl halides is 3. The van der Waals surface area contributed by atoms with Crippen molar-refractivity contribution in [1.82, 2.24) is 0 Å². The molecule has 2 rings (SSSR count). The average Bonchev–Trinajstić information content (AvgIpc) is 2.44. The highest BCUT2D eigenvalue weighted by atomic mass is 35.5. The first-order chi connectivity index (χ1) is 10.2. The van der Waals surface area contributed by atoms with Crippen molar-refractivity contribution in [3.63, 3.8) is 0 Å². The van der Waals surface area contributed by atoms with Gasteiger partial charge in [-0.1, -0.05) is 11.6 Å². The number of rotatable bonds is 2. The third kappa shape index (κ3) is 3.48. The quantitative estimate of drug-likeness (QED) is 0.630. The van der Waals surface area contributed by atoms with E-state index < -0.39 is 29.2 Å². The molecule has 2 aromatic rings. The second-order valence-electron chi connectivity index (χ2n) is 4.31. The van der Waals surface area contributed by atoms with Gasteiger partial charge in [0, 0.05) is 11.6 Å². The zero-order valence-electron chi connectivity index (χ0n) is 10.7. The minimum atomic E-state index is -4.51. The number of hydrogen-bond donors (Lipinski definition) is 2. The van der Waals surface area contributed by atoms with Gasteiger partial charge in [0.1, 0.15) is 5.75 Å². The van der Waals surface area contributed by atoms with Gasteiger partial charge in [0.2, 0.25) is 0 Å². The van der Waals surface area contributed by atoms with Crippen LogP contribution in [-0.4, -0.2) is 11.0 Å². The van der Waals surface area contributed by atoms with Crippen LogP contribution >= 0.6 is 11.6 Å². The van der Waals surface area contributed by atoms with Gasteiger partial charge in [-0.05, 0) is 30.3 Å². The van der Waals surface area contributed by atoms with Crippen molar-refractivity contribution in [2.24, 2.45) is 0 Å². The number of carbonyl (C=O) groups excluding carboxylic acids is 1. The van der Waals surface area contributed by atoms with E-state index in [-0.39, 0.29) is 16.3 Å². The van der Waals surface area contributed by atoms with Crippen molar-refractivity contribution in [2.75, 3.05) is 5.32 Å². The molecule has 0 heterocycles. The summed E-state index contributed by atoms with van der Waals surface area (Å²) < 4.78 is 50.8. The summed E-state index contributed by atoms with van der Waals surface area (Å²) in [5, 5.41) is 11.2. The highest BCUT2D eigenvalue weighted by Gasteiger charge is 2.30. The molecule has 0 spiro atoms. The Morgan fingerprint density at radius 3 is 2.27 bits per heavy atom. The molecule has 0 saturated carbocycles. The lowest BCUT2D eigenvalue weighted by Gasteiger charge is -2.09. The monoisotopic (exact) mass is 333 g/mol. The normalized spacial score (nSPS) is 11.3. The third-order valence-corrected chi connectivity index (χ3v) is 3.06. The van der Waals surface area contributed by atoms with E-state index in [1.54, 1.807) is 0 Å². The fraction of sp³-hybridized carbons (Fsp3) is 0.0714. The molecule has 0 aliphatic heterocycles. The lowest BCUT2D eigenvalue weighted by Crippen LogP contribution is -2.13. The Morgan fingerprint density at radius 2 is 1.73 bits per heavy atom. The lowest BCUT2D eigenvalue weighted by atomic mass is 10.1. The fourth-order valence-electron chi connectivity index (χ4n) is 1.64. The minimum absolute atomic E-state index is 0.0865. The van der Waals surface area contributed by atoms with E-state index in [1.807, 2.05) is 0 Å². The number of aromatic hydroxyl groups is 1. The summed E-state index contributed by atoms with van der Waals surface area (Å²) in [4.78, 5) is 11.9. The van der Waals surface area contributed by atoms with Crippen LogP contribution in [0.2, 0.25) is 5.02 Å². The van der Waals surface area contributed by atoms with Gasteiger partial charge in [0.25, 0.3) is 5.91 Å². The molecule has 0 bridgehead atoms. The molecule has 8 heteroatoms. The maximum atomic E-state index is 13.5. The molecule has 0 fully saturated rings. The number of benzene rings is 2. The lowest BCUT2D eigenvalue weighted by molar-refractivity contribution is -0.137. The fourth-order valence-corrected chi connectivity index (χ4v) is 1.80. The van der Waals surface area contributed by atoms with Gasteiger partial charge in [-0.25, -0.2) is 4.39 Å². The first-order valence-electron chi connectivity index (χ1n) is 5.85. The van der Waals surface area contributed by atoms with Crippen LogP contribution < -0.4 is 5.32 Å². The maximum absolute atomic E-state index is 13.5. The van der Waals surface area contributed by atoms with Gasteiger partial charge in [-0.2, -0.15) is 13.2 Å². The van der Waals surface area contributed by atoms with Gasteiger partial charge in [0.15, 0.2) is 5.82 Å². The number of carbonyl (C=O) groups is 1. The molecule has 116 valence electrons. The zero-order chi connectivity index (χ0) is 16.5. The van der Waals surface area contributed by atoms with Gasteiger partial charge >= 0.3 is 6.18 Å². The van der Waals surface area contributed by atoms with Gasteiger partial charge < -0.3 is 10.4 Å². The summed E-state index contributed by atoms with van der Waals surface area (Å²) in [7, 11) is 0. The van der Waals surface area contributed by atoms with Crippen LogP contribution in [0.25, 0.3) is 0 Å². The van der Waals surface area contributed by atoms with Gasteiger partial charge in [0.05, 0.1) is 16.3 Å². The summed E-state index contributed by atoms with van der Waals surface area (Å²) in [6.45, 7) is 0. The first kappa shape index (κ1) is 16.1. The molecule has 3 nitrogen and oxygen atoms in total. The summed E-state index contributed by atoms with van der Waals surface area (Å²) in [5.41, 5.74) is -1.28. The number of phenolic OH excluding ortho intramolecular Hbond substituents is 1. The second-order valence-corrected chi connectivity index (χ2v) is 4.72. The Balaban J connectivity index is 2.21. The average molecular weight is 334 g/mol. The Labute approximate surface area is 127 Å². The van der Waals surface area contributed by atoms with Crippen LogP contribution in [-0.2, 0) is 6.18 Å². The van der Waals surface area contributed by atoms with Crippen molar-refractivity contribution in [3.8, 4) is 5.75 Å².